The van der Waals surface area contributed by atoms with Crippen molar-refractivity contribution in [2.45, 2.75) is 12.5 Å². The van der Waals surface area contributed by atoms with Crippen LogP contribution in [0.2, 0.25) is 0 Å². The molecule has 1 aliphatic rings. The average Bonchev–Trinajstić information content (AvgIpc) is 3.46. The Labute approximate surface area is 192 Å². The molecule has 0 fully saturated rings. The summed E-state index contributed by atoms with van der Waals surface area (Å²) >= 11 is 0. The second-order valence-electron chi connectivity index (χ2n) is 7.90. The first kappa shape index (κ1) is 21.0. The smallest absolute Gasteiger partial charge is 0.247 e. The summed E-state index contributed by atoms with van der Waals surface area (Å²) in [5.74, 6) is 0.0635. The number of nitrogens with zero attached hydrogens (tertiary/aromatic N) is 4. The molecule has 0 bridgehead atoms. The predicted octanol–water partition coefficient (Wildman–Crippen LogP) is 4.36. The Kier molecular flexibility index (Phi) is 5.22. The van der Waals surface area contributed by atoms with Crippen LogP contribution >= 0.6 is 0 Å². The Morgan fingerprint density at radius 3 is 2.21 bits per heavy atom. The highest BCUT2D eigenvalue weighted by Crippen LogP contribution is 2.40. The van der Waals surface area contributed by atoms with Crippen LogP contribution in [0.15, 0.2) is 96.2 Å². The fourth-order valence-corrected chi connectivity index (χ4v) is 4.97. The van der Waals surface area contributed by atoms with Gasteiger partial charge in [-0.05, 0) is 24.3 Å². The third kappa shape index (κ3) is 4.01. The van der Waals surface area contributed by atoms with Crippen LogP contribution < -0.4 is 0 Å². The molecule has 1 aromatic heterocycles. The van der Waals surface area contributed by atoms with Gasteiger partial charge in [-0.15, -0.1) is 0 Å². The number of aromatic hydroxyl groups is 1. The number of hydrogen-bond acceptors (Lipinski definition) is 5. The number of phenolic OH excluding ortho intramolecular Hbond substituents is 1. The summed E-state index contributed by atoms with van der Waals surface area (Å²) < 4.78 is 28.4. The molecule has 0 saturated heterocycles. The summed E-state index contributed by atoms with van der Waals surface area (Å²) in [4.78, 5) is 0. The molecule has 7 nitrogen and oxygen atoms in total. The molecule has 3 aromatic carbocycles. The summed E-state index contributed by atoms with van der Waals surface area (Å²) in [5.41, 5.74) is 4.20. The van der Waals surface area contributed by atoms with Crippen LogP contribution in [0.3, 0.4) is 0 Å². The summed E-state index contributed by atoms with van der Waals surface area (Å²) in [6.45, 7) is 0. The van der Waals surface area contributed by atoms with E-state index in [-0.39, 0.29) is 5.75 Å². The number of hydrazone groups is 1. The van der Waals surface area contributed by atoms with Gasteiger partial charge in [0.05, 0.1) is 29.4 Å². The maximum Gasteiger partial charge on any atom is 0.247 e. The van der Waals surface area contributed by atoms with Crippen molar-refractivity contribution in [3.63, 3.8) is 0 Å². The van der Waals surface area contributed by atoms with Crippen molar-refractivity contribution in [1.82, 2.24) is 14.2 Å². The van der Waals surface area contributed by atoms with Crippen LogP contribution in [0.1, 0.15) is 23.6 Å². The Morgan fingerprint density at radius 1 is 0.909 bits per heavy atom. The molecule has 0 unspecified atom stereocenters. The molecule has 1 aliphatic heterocycles. The molecule has 8 heteroatoms. The van der Waals surface area contributed by atoms with Gasteiger partial charge in [0.25, 0.3) is 0 Å². The van der Waals surface area contributed by atoms with Gasteiger partial charge in [0.15, 0.2) is 0 Å². The lowest BCUT2D eigenvalue weighted by Crippen LogP contribution is -2.26. The normalized spacial score (nSPS) is 16.1. The molecular weight excluding hydrogens is 436 g/mol. The van der Waals surface area contributed by atoms with E-state index in [1.54, 1.807) is 28.9 Å². The fraction of sp³-hybridized carbons (Fsp3) is 0.120. The highest BCUT2D eigenvalue weighted by Gasteiger charge is 2.37. The first-order valence-corrected chi connectivity index (χ1v) is 12.3. The lowest BCUT2D eigenvalue weighted by molar-refractivity contribution is 0.375. The molecule has 166 valence electrons. The maximum atomic E-state index is 12.7. The van der Waals surface area contributed by atoms with Crippen LogP contribution in [0, 0.1) is 0 Å². The number of benzene rings is 3. The lowest BCUT2D eigenvalue weighted by Gasteiger charge is -2.21. The zero-order valence-corrected chi connectivity index (χ0v) is 18.7. The quantitative estimate of drug-likeness (QED) is 0.481. The first-order chi connectivity index (χ1) is 15.9. The van der Waals surface area contributed by atoms with Crippen molar-refractivity contribution >= 4 is 15.7 Å². The predicted molar refractivity (Wildman–Crippen MR) is 128 cm³/mol. The van der Waals surface area contributed by atoms with Crippen molar-refractivity contribution < 1.29 is 13.5 Å². The van der Waals surface area contributed by atoms with E-state index in [9.17, 15) is 13.5 Å². The molecule has 1 atom stereocenters. The number of aromatic nitrogens is 2. The molecule has 0 radical (unpaired) electrons. The summed E-state index contributed by atoms with van der Waals surface area (Å²) in [6, 6.07) is 25.6. The molecule has 33 heavy (non-hydrogen) atoms. The monoisotopic (exact) mass is 458 g/mol. The molecule has 0 spiro atoms. The third-order valence-corrected chi connectivity index (χ3v) is 6.61. The number of sulfonamides is 1. The van der Waals surface area contributed by atoms with Crippen molar-refractivity contribution in [3.05, 3.63) is 102 Å². The number of phenols is 1. The molecule has 2 heterocycles. The fourth-order valence-electron chi connectivity index (χ4n) is 4.07. The number of para-hydroxylation sites is 2. The van der Waals surface area contributed by atoms with Crippen LogP contribution in [-0.4, -0.2) is 39.7 Å². The second kappa shape index (κ2) is 8.22. The molecule has 1 N–H and O–H groups in total. The second-order valence-corrected chi connectivity index (χ2v) is 9.74. The summed E-state index contributed by atoms with van der Waals surface area (Å²) in [5, 5.41) is 19.6. The highest BCUT2D eigenvalue weighted by atomic mass is 32.2. The Balaban J connectivity index is 1.66. The van der Waals surface area contributed by atoms with Gasteiger partial charge in [0.1, 0.15) is 5.75 Å². The van der Waals surface area contributed by atoms with Gasteiger partial charge >= 0.3 is 0 Å². The van der Waals surface area contributed by atoms with E-state index in [2.05, 4.69) is 5.10 Å². The van der Waals surface area contributed by atoms with E-state index in [0.717, 1.165) is 27.5 Å². The van der Waals surface area contributed by atoms with E-state index in [4.69, 9.17) is 5.10 Å². The van der Waals surface area contributed by atoms with E-state index < -0.39 is 16.1 Å². The molecule has 0 aliphatic carbocycles. The van der Waals surface area contributed by atoms with Crippen molar-refractivity contribution in [3.8, 4) is 22.7 Å². The zero-order valence-electron chi connectivity index (χ0n) is 17.9. The summed E-state index contributed by atoms with van der Waals surface area (Å²) in [7, 11) is -3.68. The largest absolute Gasteiger partial charge is 0.507 e. The third-order valence-electron chi connectivity index (χ3n) is 5.60. The Bertz CT molecular complexity index is 1430. The van der Waals surface area contributed by atoms with Gasteiger partial charge in [-0.25, -0.2) is 13.1 Å². The van der Waals surface area contributed by atoms with Crippen LogP contribution in [-0.2, 0) is 10.0 Å². The molecule has 4 aromatic rings. The van der Waals surface area contributed by atoms with Gasteiger partial charge in [-0.3, -0.25) is 0 Å². The van der Waals surface area contributed by atoms with Crippen LogP contribution in [0.5, 0.6) is 5.75 Å². The zero-order chi connectivity index (χ0) is 23.0. The van der Waals surface area contributed by atoms with Crippen LogP contribution in [0.25, 0.3) is 16.9 Å². The van der Waals surface area contributed by atoms with Gasteiger partial charge < -0.3 is 5.11 Å². The minimum Gasteiger partial charge on any atom is -0.507 e. The van der Waals surface area contributed by atoms with Gasteiger partial charge in [-0.1, -0.05) is 60.7 Å². The molecule has 0 amide bonds. The molecule has 0 saturated carbocycles. The van der Waals surface area contributed by atoms with Crippen LogP contribution in [0.4, 0.5) is 0 Å². The van der Waals surface area contributed by atoms with Gasteiger partial charge in [0.2, 0.25) is 10.0 Å². The lowest BCUT2D eigenvalue weighted by atomic mass is 9.97. The Hall–Kier alpha value is -3.91. The minimum atomic E-state index is -3.68. The SMILES string of the molecule is CS(=O)(=O)N1N=C(c2ccccc2O)C[C@H]1c1cn(-c2ccccc2)nc1-c1ccccc1. The van der Waals surface area contributed by atoms with E-state index >= 15 is 0 Å². The van der Waals surface area contributed by atoms with Crippen molar-refractivity contribution in [2.24, 2.45) is 5.10 Å². The number of rotatable bonds is 5. The van der Waals surface area contributed by atoms with Gasteiger partial charge in [0, 0.05) is 29.3 Å². The van der Waals surface area contributed by atoms with Gasteiger partial charge in [-0.2, -0.15) is 14.6 Å². The minimum absolute atomic E-state index is 0.0635. The van der Waals surface area contributed by atoms with E-state index in [1.807, 2.05) is 66.9 Å². The topological polar surface area (TPSA) is 87.8 Å². The molecular formula is C25H22N4O3S. The highest BCUT2D eigenvalue weighted by molar-refractivity contribution is 7.88. The maximum absolute atomic E-state index is 12.7. The van der Waals surface area contributed by atoms with E-state index in [1.165, 1.54) is 0 Å². The summed E-state index contributed by atoms with van der Waals surface area (Å²) in [6.07, 6.45) is 3.32. The number of hydrogen-bond donors (Lipinski definition) is 1. The van der Waals surface area contributed by atoms with Crippen molar-refractivity contribution in [2.75, 3.05) is 6.26 Å². The first-order valence-electron chi connectivity index (χ1n) is 10.5. The van der Waals surface area contributed by atoms with Crippen molar-refractivity contribution in [1.29, 1.82) is 0 Å². The average molecular weight is 459 g/mol. The Morgan fingerprint density at radius 2 is 1.55 bits per heavy atom. The standard InChI is InChI=1S/C25H22N4O3S/c1-33(31,32)29-23(16-22(26-29)20-14-8-9-15-24(20)30)21-17-28(19-12-6-3-7-13-19)27-25(21)18-10-4-2-5-11-18/h2-15,17,23,30H,16H2,1H3/t23-/m0/s1. The van der Waals surface area contributed by atoms with E-state index in [0.29, 0.717) is 23.4 Å². The molecule has 5 rings (SSSR count).